The molecule has 2 aromatic carbocycles. The number of halogens is 1. The lowest BCUT2D eigenvalue weighted by atomic mass is 10.2. The van der Waals surface area contributed by atoms with E-state index in [1.165, 1.54) is 0 Å². The molecule has 0 atom stereocenters. The lowest BCUT2D eigenvalue weighted by Gasteiger charge is -2.08. The summed E-state index contributed by atoms with van der Waals surface area (Å²) >= 11 is 3.38. The van der Waals surface area contributed by atoms with Crippen LogP contribution in [0.1, 0.15) is 12.8 Å². The maximum absolute atomic E-state index is 11.8. The number of anilines is 2. The first kappa shape index (κ1) is 15.4. The molecule has 0 saturated carbocycles. The van der Waals surface area contributed by atoms with E-state index in [4.69, 9.17) is 10.5 Å². The third-order valence-corrected chi connectivity index (χ3v) is 3.34. The number of carbonyl (C=O) groups is 1. The van der Waals surface area contributed by atoms with Gasteiger partial charge in [0.05, 0.1) is 18.0 Å². The molecule has 0 aliphatic rings. The van der Waals surface area contributed by atoms with Crippen molar-refractivity contribution in [2.24, 2.45) is 0 Å². The quantitative estimate of drug-likeness (QED) is 0.615. The monoisotopic (exact) mass is 348 g/mol. The zero-order valence-electron chi connectivity index (χ0n) is 11.5. The number of carbonyl (C=O) groups excluding carboxylic acids is 1. The first-order valence-corrected chi connectivity index (χ1v) is 7.47. The summed E-state index contributed by atoms with van der Waals surface area (Å²) in [5.41, 5.74) is 6.98. The summed E-state index contributed by atoms with van der Waals surface area (Å²) in [6.45, 7) is 0.494. The van der Waals surface area contributed by atoms with Crippen molar-refractivity contribution in [3.05, 3.63) is 53.0 Å². The minimum Gasteiger partial charge on any atom is -0.494 e. The second kappa shape index (κ2) is 7.69. The zero-order valence-corrected chi connectivity index (χ0v) is 13.1. The molecule has 2 aromatic rings. The third-order valence-electron chi connectivity index (χ3n) is 2.85. The summed E-state index contributed by atoms with van der Waals surface area (Å²) in [7, 11) is 0. The van der Waals surface area contributed by atoms with Crippen molar-refractivity contribution in [3.8, 4) is 5.75 Å². The van der Waals surface area contributed by atoms with Gasteiger partial charge in [-0.15, -0.1) is 0 Å². The normalized spacial score (nSPS) is 10.1. The lowest BCUT2D eigenvalue weighted by Crippen LogP contribution is -2.13. The van der Waals surface area contributed by atoms with Crippen LogP contribution in [-0.2, 0) is 4.79 Å². The van der Waals surface area contributed by atoms with Gasteiger partial charge in [-0.3, -0.25) is 4.79 Å². The van der Waals surface area contributed by atoms with E-state index in [9.17, 15) is 4.79 Å². The average Bonchev–Trinajstić information content (AvgIpc) is 2.46. The first-order chi connectivity index (χ1) is 10.1. The Morgan fingerprint density at radius 1 is 1.19 bits per heavy atom. The van der Waals surface area contributed by atoms with Crippen molar-refractivity contribution in [2.45, 2.75) is 12.8 Å². The van der Waals surface area contributed by atoms with Gasteiger partial charge in [0, 0.05) is 10.9 Å². The van der Waals surface area contributed by atoms with E-state index < -0.39 is 0 Å². The van der Waals surface area contributed by atoms with Gasteiger partial charge in [-0.25, -0.2) is 0 Å². The molecular formula is C16H17BrN2O2. The smallest absolute Gasteiger partial charge is 0.224 e. The highest BCUT2D eigenvalue weighted by Gasteiger charge is 2.04. The lowest BCUT2D eigenvalue weighted by molar-refractivity contribution is -0.116. The van der Waals surface area contributed by atoms with Crippen molar-refractivity contribution in [2.75, 3.05) is 17.7 Å². The summed E-state index contributed by atoms with van der Waals surface area (Å²) in [6, 6.07) is 14.8. The number of rotatable bonds is 6. The Morgan fingerprint density at radius 3 is 2.76 bits per heavy atom. The number of hydrogen-bond donors (Lipinski definition) is 2. The second-order valence-corrected chi connectivity index (χ2v) is 5.46. The van der Waals surface area contributed by atoms with Crippen LogP contribution in [0.25, 0.3) is 0 Å². The number of nitrogen functional groups attached to an aromatic ring is 1. The number of hydrogen-bond acceptors (Lipinski definition) is 3. The first-order valence-electron chi connectivity index (χ1n) is 6.68. The molecule has 1 amide bonds. The molecule has 21 heavy (non-hydrogen) atoms. The molecular weight excluding hydrogens is 332 g/mol. The molecule has 0 bridgehead atoms. The van der Waals surface area contributed by atoms with Crippen LogP contribution in [-0.4, -0.2) is 12.5 Å². The SMILES string of the molecule is Nc1ccccc1NC(=O)CCCOc1cccc(Br)c1. The second-order valence-electron chi connectivity index (χ2n) is 4.54. The molecule has 110 valence electrons. The predicted molar refractivity (Wildman–Crippen MR) is 88.4 cm³/mol. The number of nitrogens with two attached hydrogens (primary N) is 1. The zero-order chi connectivity index (χ0) is 15.1. The minimum atomic E-state index is -0.0641. The summed E-state index contributed by atoms with van der Waals surface area (Å²) in [5, 5.41) is 2.79. The van der Waals surface area contributed by atoms with Gasteiger partial charge in [-0.05, 0) is 36.8 Å². The van der Waals surface area contributed by atoms with Crippen LogP contribution < -0.4 is 15.8 Å². The van der Waals surface area contributed by atoms with E-state index in [0.717, 1.165) is 10.2 Å². The Kier molecular flexibility index (Phi) is 5.63. The van der Waals surface area contributed by atoms with E-state index in [1.54, 1.807) is 12.1 Å². The average molecular weight is 349 g/mol. The fraction of sp³-hybridized carbons (Fsp3) is 0.188. The molecule has 0 unspecified atom stereocenters. The van der Waals surface area contributed by atoms with E-state index >= 15 is 0 Å². The maximum Gasteiger partial charge on any atom is 0.224 e. The van der Waals surface area contributed by atoms with Crippen molar-refractivity contribution in [1.82, 2.24) is 0 Å². The Morgan fingerprint density at radius 2 is 2.00 bits per heavy atom. The molecule has 0 heterocycles. The van der Waals surface area contributed by atoms with Gasteiger partial charge in [-0.1, -0.05) is 34.1 Å². The van der Waals surface area contributed by atoms with E-state index in [2.05, 4.69) is 21.2 Å². The van der Waals surface area contributed by atoms with Gasteiger partial charge in [-0.2, -0.15) is 0 Å². The van der Waals surface area contributed by atoms with E-state index in [1.807, 2.05) is 36.4 Å². The molecule has 0 spiro atoms. The van der Waals surface area contributed by atoms with Crippen LogP contribution >= 0.6 is 15.9 Å². The Hall–Kier alpha value is -2.01. The summed E-state index contributed by atoms with van der Waals surface area (Å²) < 4.78 is 6.55. The van der Waals surface area contributed by atoms with Gasteiger partial charge in [0.2, 0.25) is 5.91 Å². The molecule has 0 fully saturated rings. The topological polar surface area (TPSA) is 64.3 Å². The number of amides is 1. The van der Waals surface area contributed by atoms with Gasteiger partial charge in [0.1, 0.15) is 5.75 Å². The molecule has 4 nitrogen and oxygen atoms in total. The van der Waals surface area contributed by atoms with Crippen molar-refractivity contribution < 1.29 is 9.53 Å². The molecule has 0 aliphatic carbocycles. The Labute approximate surface area is 132 Å². The van der Waals surface area contributed by atoms with Crippen molar-refractivity contribution in [3.63, 3.8) is 0 Å². The molecule has 0 aliphatic heterocycles. The fourth-order valence-corrected chi connectivity index (χ4v) is 2.18. The predicted octanol–water partition coefficient (Wildman–Crippen LogP) is 3.83. The van der Waals surface area contributed by atoms with E-state index in [-0.39, 0.29) is 5.91 Å². The van der Waals surface area contributed by atoms with Crippen LogP contribution in [0, 0.1) is 0 Å². The number of ether oxygens (including phenoxy) is 1. The van der Waals surface area contributed by atoms with Crippen molar-refractivity contribution >= 4 is 33.2 Å². The standard InChI is InChI=1S/C16H17BrN2O2/c17-12-5-3-6-13(11-12)21-10-4-9-16(20)19-15-8-2-1-7-14(15)18/h1-3,5-8,11H,4,9-10,18H2,(H,19,20). The summed E-state index contributed by atoms with van der Waals surface area (Å²) in [6.07, 6.45) is 1.04. The van der Waals surface area contributed by atoms with Gasteiger partial charge >= 0.3 is 0 Å². The molecule has 0 radical (unpaired) electrons. The molecule has 2 rings (SSSR count). The Bertz CT molecular complexity index is 617. The highest BCUT2D eigenvalue weighted by Crippen LogP contribution is 2.19. The molecule has 5 heteroatoms. The molecule has 0 aromatic heterocycles. The van der Waals surface area contributed by atoms with Crippen molar-refractivity contribution in [1.29, 1.82) is 0 Å². The number of para-hydroxylation sites is 2. The van der Waals surface area contributed by atoms with E-state index in [0.29, 0.717) is 30.8 Å². The fourth-order valence-electron chi connectivity index (χ4n) is 1.80. The Balaban J connectivity index is 1.71. The maximum atomic E-state index is 11.8. The van der Waals surface area contributed by atoms with Crippen LogP contribution in [0.3, 0.4) is 0 Å². The molecule has 0 saturated heterocycles. The van der Waals surface area contributed by atoms with Gasteiger partial charge in [0.25, 0.3) is 0 Å². The van der Waals surface area contributed by atoms with Crippen LogP contribution in [0.15, 0.2) is 53.0 Å². The van der Waals surface area contributed by atoms with Gasteiger partial charge < -0.3 is 15.8 Å². The summed E-state index contributed by atoms with van der Waals surface area (Å²) in [4.78, 5) is 11.8. The molecule has 3 N–H and O–H groups in total. The highest BCUT2D eigenvalue weighted by molar-refractivity contribution is 9.10. The summed E-state index contributed by atoms with van der Waals surface area (Å²) in [5.74, 6) is 0.725. The largest absolute Gasteiger partial charge is 0.494 e. The van der Waals surface area contributed by atoms with Gasteiger partial charge in [0.15, 0.2) is 0 Å². The van der Waals surface area contributed by atoms with Crippen LogP contribution in [0.2, 0.25) is 0 Å². The number of benzene rings is 2. The van der Waals surface area contributed by atoms with Crippen LogP contribution in [0.4, 0.5) is 11.4 Å². The third kappa shape index (κ3) is 5.11. The van der Waals surface area contributed by atoms with Crippen LogP contribution in [0.5, 0.6) is 5.75 Å². The minimum absolute atomic E-state index is 0.0641. The highest BCUT2D eigenvalue weighted by atomic mass is 79.9. The number of nitrogens with one attached hydrogen (secondary N) is 1.